The van der Waals surface area contributed by atoms with E-state index in [2.05, 4.69) is 44.7 Å². The van der Waals surface area contributed by atoms with Crippen molar-refractivity contribution >= 4 is 28.9 Å². The lowest BCUT2D eigenvalue weighted by Gasteiger charge is -2.26. The highest BCUT2D eigenvalue weighted by molar-refractivity contribution is 7.80. The summed E-state index contributed by atoms with van der Waals surface area (Å²) in [7, 11) is 0. The van der Waals surface area contributed by atoms with Crippen LogP contribution in [0, 0.1) is 5.82 Å². The van der Waals surface area contributed by atoms with Crippen molar-refractivity contribution in [3.05, 3.63) is 118 Å². The Bertz CT molecular complexity index is 1090. The molecule has 7 heteroatoms. The Hall–Kier alpha value is -3.09. The van der Waals surface area contributed by atoms with Gasteiger partial charge in [0.05, 0.1) is 5.03 Å². The molecule has 0 amide bonds. The first kappa shape index (κ1) is 22.1. The molecule has 1 unspecified atom stereocenters. The molecule has 0 aromatic heterocycles. The molecule has 3 aromatic rings. The van der Waals surface area contributed by atoms with E-state index < -0.39 is 0 Å². The summed E-state index contributed by atoms with van der Waals surface area (Å²) < 4.78 is 13.5. The van der Waals surface area contributed by atoms with Gasteiger partial charge in [-0.25, -0.2) is 4.39 Å². The van der Waals surface area contributed by atoms with E-state index >= 15 is 0 Å². The maximum Gasteiger partial charge on any atom is 0.175 e. The molecular formula is C25H22ClFN4S. The lowest BCUT2D eigenvalue weighted by atomic mass is 10.1. The Labute approximate surface area is 197 Å². The molecule has 3 aromatic carbocycles. The predicted molar refractivity (Wildman–Crippen MR) is 129 cm³/mol. The highest BCUT2D eigenvalue weighted by atomic mass is 35.5. The van der Waals surface area contributed by atoms with Crippen LogP contribution in [0.15, 0.2) is 106 Å². The van der Waals surface area contributed by atoms with Gasteiger partial charge in [-0.3, -0.25) is 0 Å². The largest absolute Gasteiger partial charge is 0.340 e. The summed E-state index contributed by atoms with van der Waals surface area (Å²) in [6.07, 6.45) is 0.468. The van der Waals surface area contributed by atoms with Crippen molar-refractivity contribution < 1.29 is 4.39 Å². The fraction of sp³-hybridized carbons (Fsp3) is 0.160. The minimum Gasteiger partial charge on any atom is -0.340 e. The van der Waals surface area contributed by atoms with Crippen LogP contribution in [0.1, 0.15) is 16.7 Å². The summed E-state index contributed by atoms with van der Waals surface area (Å²) in [4.78, 5) is 2.06. The van der Waals surface area contributed by atoms with Crippen molar-refractivity contribution in [2.75, 3.05) is 0 Å². The summed E-state index contributed by atoms with van der Waals surface area (Å²) >= 11 is 12.3. The summed E-state index contributed by atoms with van der Waals surface area (Å²) in [6.45, 7) is 1.27. The van der Waals surface area contributed by atoms with Crippen LogP contribution in [0.5, 0.6) is 0 Å². The molecule has 162 valence electrons. The van der Waals surface area contributed by atoms with E-state index in [0.29, 0.717) is 35.5 Å². The normalized spacial score (nSPS) is 15.1. The molecule has 0 saturated carbocycles. The molecule has 0 radical (unpaired) electrons. The number of thiocarbonyl (C=S) groups is 1. The van der Waals surface area contributed by atoms with Crippen molar-refractivity contribution in [3.8, 4) is 0 Å². The first-order chi connectivity index (χ1) is 15.6. The number of hydrogen-bond acceptors (Lipinski definition) is 3. The van der Waals surface area contributed by atoms with Crippen molar-refractivity contribution in [2.24, 2.45) is 10.2 Å². The minimum atomic E-state index is -0.361. The molecule has 4 nitrogen and oxygen atoms in total. The van der Waals surface area contributed by atoms with Crippen LogP contribution in [0.4, 0.5) is 4.39 Å². The van der Waals surface area contributed by atoms with Gasteiger partial charge in [0.15, 0.2) is 10.9 Å². The lowest BCUT2D eigenvalue weighted by Crippen LogP contribution is -2.38. The Balaban J connectivity index is 1.48. The second kappa shape index (κ2) is 10.5. The first-order valence-electron chi connectivity index (χ1n) is 10.3. The molecule has 0 saturated heterocycles. The van der Waals surface area contributed by atoms with Crippen molar-refractivity contribution in [3.63, 3.8) is 0 Å². The minimum absolute atomic E-state index is 0.283. The number of hydrogen-bond donors (Lipinski definition) is 1. The second-order valence-corrected chi connectivity index (χ2v) is 8.31. The molecule has 4 rings (SSSR count). The lowest BCUT2D eigenvalue weighted by molar-refractivity contribution is 0.402. The third kappa shape index (κ3) is 5.78. The number of azo groups is 1. The highest BCUT2D eigenvalue weighted by Gasteiger charge is 2.25. The average Bonchev–Trinajstić information content (AvgIpc) is 3.14. The standard InChI is InChI=1S/C25H22ClFN4S/c26-23-22(15-20-12-7-13-21(27)14-20)29-30-24(23)28-25(32)31(16-18-8-3-1-4-9-18)17-19-10-5-2-6-11-19/h1-14,22H,15-17H2,(H,28,32). The number of rotatable bonds is 7. The second-order valence-electron chi connectivity index (χ2n) is 7.52. The quantitative estimate of drug-likeness (QED) is 0.424. The maximum absolute atomic E-state index is 13.5. The van der Waals surface area contributed by atoms with E-state index in [1.54, 1.807) is 6.07 Å². The molecule has 1 atom stereocenters. The van der Waals surface area contributed by atoms with Gasteiger partial charge in [0.1, 0.15) is 11.9 Å². The molecule has 0 bridgehead atoms. The van der Waals surface area contributed by atoms with Crippen LogP contribution in [-0.4, -0.2) is 16.1 Å². The molecular weight excluding hydrogens is 443 g/mol. The SMILES string of the molecule is Fc1cccc(CC2N=NC(NC(=S)N(Cc3ccccc3)Cc3ccccc3)=C2Cl)c1. The van der Waals surface area contributed by atoms with Gasteiger partial charge in [0.2, 0.25) is 0 Å². The van der Waals surface area contributed by atoms with Gasteiger partial charge in [0.25, 0.3) is 0 Å². The fourth-order valence-electron chi connectivity index (χ4n) is 3.47. The number of nitrogens with zero attached hydrogens (tertiary/aromatic N) is 3. The average molecular weight is 465 g/mol. The molecule has 32 heavy (non-hydrogen) atoms. The van der Waals surface area contributed by atoms with Gasteiger partial charge in [-0.15, -0.1) is 5.11 Å². The molecule has 0 spiro atoms. The van der Waals surface area contributed by atoms with Gasteiger partial charge < -0.3 is 10.2 Å². The topological polar surface area (TPSA) is 40.0 Å². The molecule has 1 heterocycles. The molecule has 1 N–H and O–H groups in total. The van der Waals surface area contributed by atoms with Crippen LogP contribution in [0.2, 0.25) is 0 Å². The van der Waals surface area contributed by atoms with Crippen LogP contribution >= 0.6 is 23.8 Å². The monoisotopic (exact) mass is 464 g/mol. The van der Waals surface area contributed by atoms with Gasteiger partial charge in [-0.05, 0) is 41.0 Å². The smallest absolute Gasteiger partial charge is 0.175 e. The molecule has 1 aliphatic heterocycles. The summed E-state index contributed by atoms with van der Waals surface area (Å²) in [5.74, 6) is 0.152. The van der Waals surface area contributed by atoms with E-state index in [-0.39, 0.29) is 11.9 Å². The van der Waals surface area contributed by atoms with E-state index in [4.69, 9.17) is 23.8 Å². The molecule has 0 aliphatic carbocycles. The van der Waals surface area contributed by atoms with Crippen molar-refractivity contribution in [2.45, 2.75) is 25.6 Å². The van der Waals surface area contributed by atoms with Gasteiger partial charge in [0, 0.05) is 19.5 Å². The number of halogens is 2. The zero-order chi connectivity index (χ0) is 22.3. The Morgan fingerprint density at radius 3 is 2.09 bits per heavy atom. The summed E-state index contributed by atoms with van der Waals surface area (Å²) in [5.41, 5.74) is 3.10. The zero-order valence-corrected chi connectivity index (χ0v) is 18.9. The zero-order valence-electron chi connectivity index (χ0n) is 17.3. The van der Waals surface area contributed by atoms with E-state index in [9.17, 15) is 4.39 Å². The number of nitrogens with one attached hydrogen (secondary N) is 1. The van der Waals surface area contributed by atoms with Crippen LogP contribution in [0.25, 0.3) is 0 Å². The van der Waals surface area contributed by atoms with Crippen LogP contribution < -0.4 is 5.32 Å². The summed E-state index contributed by atoms with van der Waals surface area (Å²) in [6, 6.07) is 26.3. The number of benzene rings is 3. The molecule has 0 fully saturated rings. The Morgan fingerprint density at radius 2 is 1.50 bits per heavy atom. The van der Waals surface area contributed by atoms with E-state index in [1.807, 2.05) is 42.5 Å². The van der Waals surface area contributed by atoms with E-state index in [0.717, 1.165) is 16.7 Å². The Morgan fingerprint density at radius 1 is 0.906 bits per heavy atom. The summed E-state index contributed by atoms with van der Waals surface area (Å²) in [5, 5.41) is 12.6. The van der Waals surface area contributed by atoms with Crippen LogP contribution in [0.3, 0.4) is 0 Å². The first-order valence-corrected chi connectivity index (χ1v) is 11.1. The van der Waals surface area contributed by atoms with Crippen LogP contribution in [-0.2, 0) is 19.5 Å². The maximum atomic E-state index is 13.5. The Kier molecular flexibility index (Phi) is 7.24. The third-order valence-corrected chi connectivity index (χ3v) is 5.87. The van der Waals surface area contributed by atoms with Crippen molar-refractivity contribution in [1.82, 2.24) is 10.2 Å². The van der Waals surface area contributed by atoms with Crippen molar-refractivity contribution in [1.29, 1.82) is 0 Å². The highest BCUT2D eigenvalue weighted by Crippen LogP contribution is 2.27. The molecule has 1 aliphatic rings. The third-order valence-electron chi connectivity index (χ3n) is 5.08. The predicted octanol–water partition coefficient (Wildman–Crippen LogP) is 6.19. The van der Waals surface area contributed by atoms with Gasteiger partial charge in [-0.1, -0.05) is 84.4 Å². The van der Waals surface area contributed by atoms with Gasteiger partial charge in [-0.2, -0.15) is 5.11 Å². The van der Waals surface area contributed by atoms with Gasteiger partial charge >= 0.3 is 0 Å². The fourth-order valence-corrected chi connectivity index (χ4v) is 3.91. The van der Waals surface area contributed by atoms with E-state index in [1.165, 1.54) is 12.1 Å².